The van der Waals surface area contributed by atoms with Crippen LogP contribution in [0.4, 0.5) is 0 Å². The van der Waals surface area contributed by atoms with Gasteiger partial charge in [0, 0.05) is 19.3 Å². The molecule has 0 bridgehead atoms. The van der Waals surface area contributed by atoms with Crippen LogP contribution in [0.25, 0.3) is 0 Å². The second-order valence-corrected chi connectivity index (χ2v) is 22.7. The first-order chi connectivity index (χ1) is 40.0. The molecule has 0 heterocycles. The second-order valence-electron chi connectivity index (χ2n) is 22.7. The summed E-state index contributed by atoms with van der Waals surface area (Å²) in [6.45, 7) is 6.52. The Hall–Kier alpha value is -3.93. The van der Waals surface area contributed by atoms with E-state index in [0.29, 0.717) is 19.3 Å². The quantitative estimate of drug-likeness (QED) is 0.0261. The highest BCUT2D eigenvalue weighted by molar-refractivity contribution is 5.71. The van der Waals surface area contributed by atoms with Crippen molar-refractivity contribution in [1.29, 1.82) is 0 Å². The lowest BCUT2D eigenvalue weighted by Gasteiger charge is -2.18. The van der Waals surface area contributed by atoms with E-state index in [1.165, 1.54) is 173 Å². The molecule has 6 nitrogen and oxygen atoms in total. The Kier molecular flexibility index (Phi) is 65.2. The minimum atomic E-state index is -0.791. The van der Waals surface area contributed by atoms with Crippen LogP contribution in [0.3, 0.4) is 0 Å². The van der Waals surface area contributed by atoms with Gasteiger partial charge in [0.05, 0.1) is 0 Å². The minimum Gasteiger partial charge on any atom is -0.462 e. The highest BCUT2D eigenvalue weighted by Crippen LogP contribution is 2.16. The second kappa shape index (κ2) is 68.6. The van der Waals surface area contributed by atoms with Gasteiger partial charge in [-0.3, -0.25) is 14.4 Å². The molecule has 0 fully saturated rings. The summed E-state index contributed by atoms with van der Waals surface area (Å²) < 4.78 is 17.0. The number of unbranched alkanes of at least 4 members (excludes halogenated alkanes) is 33. The predicted molar refractivity (Wildman–Crippen MR) is 353 cm³/mol. The number of esters is 3. The van der Waals surface area contributed by atoms with Gasteiger partial charge in [0.1, 0.15) is 13.2 Å². The van der Waals surface area contributed by atoms with Crippen LogP contribution in [0.5, 0.6) is 0 Å². The Bertz CT molecular complexity index is 1620. The summed E-state index contributed by atoms with van der Waals surface area (Å²) in [6, 6.07) is 0. The van der Waals surface area contributed by atoms with Crippen molar-refractivity contribution >= 4 is 17.9 Å². The molecule has 0 aliphatic heterocycles. The van der Waals surface area contributed by atoms with Crippen molar-refractivity contribution in [3.05, 3.63) is 109 Å². The fourth-order valence-corrected chi connectivity index (χ4v) is 9.59. The first kappa shape index (κ1) is 77.1. The average molecular weight is 1130 g/mol. The summed E-state index contributed by atoms with van der Waals surface area (Å²) in [5.74, 6) is -0.894. The van der Waals surface area contributed by atoms with Gasteiger partial charge in [0.25, 0.3) is 0 Å². The summed E-state index contributed by atoms with van der Waals surface area (Å²) in [4.78, 5) is 38.5. The fraction of sp³-hybridized carbons (Fsp3) is 0.720. The van der Waals surface area contributed by atoms with Crippen LogP contribution in [-0.2, 0) is 28.6 Å². The first-order valence-electron chi connectivity index (χ1n) is 34.4. The molecule has 81 heavy (non-hydrogen) atoms. The number of rotatable bonds is 62. The molecule has 0 aromatic heterocycles. The lowest BCUT2D eigenvalue weighted by Crippen LogP contribution is -2.30. The molecule has 0 aliphatic carbocycles. The Morgan fingerprint density at radius 3 is 0.790 bits per heavy atom. The molecular weight excluding hydrogens is 997 g/mol. The highest BCUT2D eigenvalue weighted by Gasteiger charge is 2.19. The number of hydrogen-bond acceptors (Lipinski definition) is 6. The van der Waals surface area contributed by atoms with Gasteiger partial charge in [-0.15, -0.1) is 0 Å². The maximum absolute atomic E-state index is 13.0. The molecule has 0 spiro atoms. The van der Waals surface area contributed by atoms with Crippen LogP contribution < -0.4 is 0 Å². The van der Waals surface area contributed by atoms with Crippen molar-refractivity contribution in [3.63, 3.8) is 0 Å². The van der Waals surface area contributed by atoms with E-state index in [-0.39, 0.29) is 31.1 Å². The van der Waals surface area contributed by atoms with E-state index >= 15 is 0 Å². The molecule has 0 aromatic carbocycles. The lowest BCUT2D eigenvalue weighted by molar-refractivity contribution is -0.167. The van der Waals surface area contributed by atoms with E-state index < -0.39 is 6.10 Å². The molecule has 0 radical (unpaired) electrons. The lowest BCUT2D eigenvalue weighted by atomic mass is 10.1. The normalized spacial score (nSPS) is 12.8. The number of allylic oxidation sites excluding steroid dienone is 18. The van der Waals surface area contributed by atoms with Crippen LogP contribution in [0.1, 0.15) is 329 Å². The molecule has 0 N–H and O–H groups in total. The third kappa shape index (κ3) is 66.8. The molecular formula is C75H128O6. The largest absolute Gasteiger partial charge is 0.462 e. The first-order valence-corrected chi connectivity index (χ1v) is 34.4. The van der Waals surface area contributed by atoms with Gasteiger partial charge in [-0.1, -0.05) is 291 Å². The van der Waals surface area contributed by atoms with Gasteiger partial charge >= 0.3 is 17.9 Å². The zero-order valence-corrected chi connectivity index (χ0v) is 53.3. The van der Waals surface area contributed by atoms with Crippen molar-refractivity contribution in [2.24, 2.45) is 0 Å². The maximum Gasteiger partial charge on any atom is 0.306 e. The van der Waals surface area contributed by atoms with Crippen LogP contribution in [0.15, 0.2) is 109 Å². The summed E-state index contributed by atoms with van der Waals surface area (Å²) >= 11 is 0. The summed E-state index contributed by atoms with van der Waals surface area (Å²) in [7, 11) is 0. The molecule has 0 rings (SSSR count). The summed E-state index contributed by atoms with van der Waals surface area (Å²) in [6.07, 6.45) is 93.8. The molecule has 1 unspecified atom stereocenters. The number of hydrogen-bond donors (Lipinski definition) is 0. The Morgan fingerprint density at radius 1 is 0.259 bits per heavy atom. The van der Waals surface area contributed by atoms with E-state index in [4.69, 9.17) is 14.2 Å². The summed E-state index contributed by atoms with van der Waals surface area (Å²) in [5, 5.41) is 0. The number of ether oxygens (including phenoxy) is 3. The van der Waals surface area contributed by atoms with E-state index in [1.54, 1.807) is 0 Å². The molecule has 0 saturated heterocycles. The van der Waals surface area contributed by atoms with Gasteiger partial charge in [-0.25, -0.2) is 0 Å². The fourth-order valence-electron chi connectivity index (χ4n) is 9.59. The summed E-state index contributed by atoms with van der Waals surface area (Å²) in [5.41, 5.74) is 0. The van der Waals surface area contributed by atoms with Crippen LogP contribution >= 0.6 is 0 Å². The van der Waals surface area contributed by atoms with Crippen LogP contribution in [-0.4, -0.2) is 37.2 Å². The number of carbonyl (C=O) groups excluding carboxylic acids is 3. The monoisotopic (exact) mass is 1120 g/mol. The zero-order valence-electron chi connectivity index (χ0n) is 53.3. The number of carbonyl (C=O) groups is 3. The van der Waals surface area contributed by atoms with Crippen molar-refractivity contribution < 1.29 is 28.6 Å². The third-order valence-corrected chi connectivity index (χ3v) is 14.7. The molecule has 6 heteroatoms. The van der Waals surface area contributed by atoms with Gasteiger partial charge in [-0.05, 0) is 128 Å². The van der Waals surface area contributed by atoms with E-state index in [2.05, 4.69) is 130 Å². The van der Waals surface area contributed by atoms with Crippen molar-refractivity contribution in [2.75, 3.05) is 13.2 Å². The van der Waals surface area contributed by atoms with Crippen LogP contribution in [0.2, 0.25) is 0 Å². The highest BCUT2D eigenvalue weighted by atomic mass is 16.6. The van der Waals surface area contributed by atoms with Gasteiger partial charge < -0.3 is 14.2 Å². The Balaban J connectivity index is 4.42. The molecule has 1 atom stereocenters. The van der Waals surface area contributed by atoms with Crippen LogP contribution in [0, 0.1) is 0 Å². The Morgan fingerprint density at radius 2 is 0.481 bits per heavy atom. The molecule has 0 aromatic rings. The predicted octanol–water partition coefficient (Wildman–Crippen LogP) is 23.8. The van der Waals surface area contributed by atoms with Crippen molar-refractivity contribution in [2.45, 2.75) is 335 Å². The average Bonchev–Trinajstić information content (AvgIpc) is 3.47. The maximum atomic E-state index is 13.0. The zero-order chi connectivity index (χ0) is 58.5. The smallest absolute Gasteiger partial charge is 0.306 e. The van der Waals surface area contributed by atoms with Gasteiger partial charge in [0.15, 0.2) is 6.10 Å². The SMILES string of the molecule is CC/C=C\C/C=C\C/C=C\C/C=C\C/C=C\C/C=C\CCCCCCCCC(=O)OCC(COC(=O)CCCCCCCCCCC/C=C\CCCCCCCC)OC(=O)CCCCCCCCCCC/C=C\C/C=C\CCCCC. The Labute approximate surface area is 501 Å². The van der Waals surface area contributed by atoms with Crippen molar-refractivity contribution in [1.82, 2.24) is 0 Å². The molecule has 0 saturated carbocycles. The minimum absolute atomic E-state index is 0.0852. The van der Waals surface area contributed by atoms with Crippen molar-refractivity contribution in [3.8, 4) is 0 Å². The molecule has 464 valence electrons. The van der Waals surface area contributed by atoms with Gasteiger partial charge in [-0.2, -0.15) is 0 Å². The molecule has 0 aliphatic rings. The molecule has 0 amide bonds. The van der Waals surface area contributed by atoms with Gasteiger partial charge in [0.2, 0.25) is 0 Å². The van der Waals surface area contributed by atoms with E-state index in [0.717, 1.165) is 116 Å². The van der Waals surface area contributed by atoms with E-state index in [9.17, 15) is 14.4 Å². The topological polar surface area (TPSA) is 78.9 Å². The third-order valence-electron chi connectivity index (χ3n) is 14.7. The standard InChI is InChI=1S/C75H128O6/c1-4-7-10-13-16-19-22-25-28-31-34-35-36-37-38-39-42-44-47-50-53-56-59-62-65-68-74(77)80-71-72(81-75(78)69-66-63-60-57-54-51-48-45-41-33-30-27-24-21-18-15-12-9-6-3)70-79-73(76)67-64-61-58-55-52-49-46-43-40-32-29-26-23-20-17-14-11-8-5-2/h7,10,16,18-19,21,25-30,34-35,37-38,42,44,72H,4-6,8-9,11-15,17,20,22-24,31-33,36,39-41,43,45-71H2,1-3H3/b10-7-,19-16-,21-18-,28-25-,29-26-,30-27-,35-34-,38-37-,44-42-. The van der Waals surface area contributed by atoms with E-state index in [1.807, 2.05) is 0 Å².